The van der Waals surface area contributed by atoms with Crippen LogP contribution in [0.1, 0.15) is 33.1 Å². The zero-order valence-electron chi connectivity index (χ0n) is 10.5. The second kappa shape index (κ2) is 7.23. The third kappa shape index (κ3) is 4.11. The second-order valence-corrected chi connectivity index (χ2v) is 8.82. The summed E-state index contributed by atoms with van der Waals surface area (Å²) in [5.74, 6) is 0. The Morgan fingerprint density at radius 2 is 1.87 bits per heavy atom. The molecular formula is C13H27NSi. The van der Waals surface area contributed by atoms with Gasteiger partial charge in [0, 0.05) is 8.80 Å². The quantitative estimate of drug-likeness (QED) is 0.475. The first-order valence-electron chi connectivity index (χ1n) is 6.66. The van der Waals surface area contributed by atoms with Crippen LogP contribution >= 0.6 is 0 Å². The molecule has 88 valence electrons. The molecule has 1 aliphatic heterocycles. The topological polar surface area (TPSA) is 3.24 Å². The lowest BCUT2D eigenvalue weighted by atomic mass is 10.3. The van der Waals surface area contributed by atoms with Crippen molar-refractivity contribution in [1.82, 2.24) is 4.90 Å². The highest BCUT2D eigenvalue weighted by Crippen LogP contribution is 2.23. The first kappa shape index (κ1) is 13.0. The fraction of sp³-hybridized carbons (Fsp3) is 0.846. The average Bonchev–Trinajstić information content (AvgIpc) is 2.77. The summed E-state index contributed by atoms with van der Waals surface area (Å²) in [5.41, 5.74) is 0.876. The molecule has 0 aromatic heterocycles. The van der Waals surface area contributed by atoms with E-state index in [1.807, 2.05) is 0 Å². The number of hydrogen-bond donors (Lipinski definition) is 0. The Labute approximate surface area is 97.2 Å². The van der Waals surface area contributed by atoms with E-state index >= 15 is 0 Å². The van der Waals surface area contributed by atoms with Crippen LogP contribution < -0.4 is 0 Å². The maximum Gasteiger partial charge on any atom is 0.0436 e. The summed E-state index contributed by atoms with van der Waals surface area (Å²) < 4.78 is 0. The van der Waals surface area contributed by atoms with Gasteiger partial charge in [0.2, 0.25) is 0 Å². The molecule has 1 atom stereocenters. The van der Waals surface area contributed by atoms with Crippen LogP contribution in [0.25, 0.3) is 0 Å². The predicted octanol–water partition coefficient (Wildman–Crippen LogP) is 3.30. The minimum Gasteiger partial charge on any atom is -0.303 e. The van der Waals surface area contributed by atoms with Gasteiger partial charge in [-0.25, -0.2) is 0 Å². The summed E-state index contributed by atoms with van der Waals surface area (Å²) in [6.45, 7) is 12.8. The molecule has 1 unspecified atom stereocenters. The molecule has 0 N–H and O–H groups in total. The van der Waals surface area contributed by atoms with Gasteiger partial charge in [0.1, 0.15) is 0 Å². The van der Waals surface area contributed by atoms with Crippen LogP contribution in [0.5, 0.6) is 0 Å². The molecule has 0 aromatic rings. The zero-order chi connectivity index (χ0) is 11.1. The molecule has 1 aliphatic rings. The SMILES string of the molecule is C=CC(CCN1CCCC1)[SiH](CC)CC. The molecule has 1 nitrogen and oxygen atoms in total. The zero-order valence-corrected chi connectivity index (χ0v) is 11.7. The molecule has 0 saturated carbocycles. The Balaban J connectivity index is 2.28. The normalized spacial score (nSPS) is 19.7. The molecular weight excluding hydrogens is 198 g/mol. The van der Waals surface area contributed by atoms with E-state index in [1.165, 1.54) is 51.0 Å². The summed E-state index contributed by atoms with van der Waals surface area (Å²) in [4.78, 5) is 2.63. The number of rotatable bonds is 7. The summed E-state index contributed by atoms with van der Waals surface area (Å²) in [6.07, 6.45) is 6.46. The van der Waals surface area contributed by atoms with Crippen molar-refractivity contribution in [2.24, 2.45) is 0 Å². The lowest BCUT2D eigenvalue weighted by Crippen LogP contribution is -2.25. The van der Waals surface area contributed by atoms with Gasteiger partial charge in [-0.05, 0) is 44.4 Å². The largest absolute Gasteiger partial charge is 0.303 e. The predicted molar refractivity (Wildman–Crippen MR) is 72.3 cm³/mol. The first-order valence-corrected chi connectivity index (χ1v) is 8.96. The number of nitrogens with zero attached hydrogens (tertiary/aromatic N) is 1. The number of hydrogen-bond acceptors (Lipinski definition) is 1. The highest BCUT2D eigenvalue weighted by molar-refractivity contribution is 6.60. The van der Waals surface area contributed by atoms with E-state index in [2.05, 4.69) is 31.4 Å². The molecule has 0 amide bonds. The third-order valence-corrected chi connectivity index (χ3v) is 7.85. The van der Waals surface area contributed by atoms with Gasteiger partial charge in [0.15, 0.2) is 0 Å². The van der Waals surface area contributed by atoms with Crippen LogP contribution in [-0.2, 0) is 0 Å². The highest BCUT2D eigenvalue weighted by atomic mass is 28.3. The fourth-order valence-electron chi connectivity index (χ4n) is 2.78. The van der Waals surface area contributed by atoms with Crippen molar-refractivity contribution in [3.63, 3.8) is 0 Å². The van der Waals surface area contributed by atoms with Gasteiger partial charge < -0.3 is 4.90 Å². The van der Waals surface area contributed by atoms with Gasteiger partial charge in [-0.3, -0.25) is 0 Å². The van der Waals surface area contributed by atoms with E-state index in [-0.39, 0.29) is 0 Å². The molecule has 1 saturated heterocycles. The summed E-state index contributed by atoms with van der Waals surface area (Å²) in [7, 11) is -0.512. The molecule has 0 radical (unpaired) electrons. The van der Waals surface area contributed by atoms with Gasteiger partial charge in [-0.2, -0.15) is 0 Å². The Morgan fingerprint density at radius 1 is 1.27 bits per heavy atom. The minimum absolute atomic E-state index is 0.512. The van der Waals surface area contributed by atoms with Crippen molar-refractivity contribution in [2.45, 2.75) is 50.7 Å². The van der Waals surface area contributed by atoms with Crippen molar-refractivity contribution in [3.05, 3.63) is 12.7 Å². The molecule has 1 rings (SSSR count). The van der Waals surface area contributed by atoms with Crippen molar-refractivity contribution in [3.8, 4) is 0 Å². The van der Waals surface area contributed by atoms with Crippen LogP contribution in [0.2, 0.25) is 17.6 Å². The maximum absolute atomic E-state index is 4.04. The van der Waals surface area contributed by atoms with Crippen molar-refractivity contribution in [1.29, 1.82) is 0 Å². The summed E-state index contributed by atoms with van der Waals surface area (Å²) >= 11 is 0. The Morgan fingerprint density at radius 3 is 2.33 bits per heavy atom. The smallest absolute Gasteiger partial charge is 0.0436 e. The van der Waals surface area contributed by atoms with Gasteiger partial charge in [0.25, 0.3) is 0 Å². The Bertz CT molecular complexity index is 171. The molecule has 1 heterocycles. The molecule has 0 aliphatic carbocycles. The number of allylic oxidation sites excluding steroid dienone is 1. The monoisotopic (exact) mass is 225 g/mol. The third-order valence-electron chi connectivity index (χ3n) is 3.93. The van der Waals surface area contributed by atoms with E-state index < -0.39 is 8.80 Å². The first-order chi connectivity index (χ1) is 7.31. The van der Waals surface area contributed by atoms with Gasteiger partial charge in [-0.15, -0.1) is 6.58 Å². The molecule has 1 fully saturated rings. The van der Waals surface area contributed by atoms with E-state index in [0.717, 1.165) is 5.54 Å². The maximum atomic E-state index is 4.04. The Kier molecular flexibility index (Phi) is 6.26. The van der Waals surface area contributed by atoms with Gasteiger partial charge in [0.05, 0.1) is 0 Å². The van der Waals surface area contributed by atoms with E-state index in [9.17, 15) is 0 Å². The highest BCUT2D eigenvalue weighted by Gasteiger charge is 2.18. The average molecular weight is 225 g/mol. The Hall–Kier alpha value is -0.0831. The van der Waals surface area contributed by atoms with Crippen LogP contribution in [0.4, 0.5) is 0 Å². The molecule has 0 spiro atoms. The standard InChI is InChI=1S/C13H27NSi/c1-4-13(15(5-2)6-3)9-12-14-10-7-8-11-14/h4,13,15H,1,5-12H2,2-3H3. The molecule has 15 heavy (non-hydrogen) atoms. The lowest BCUT2D eigenvalue weighted by molar-refractivity contribution is 0.334. The van der Waals surface area contributed by atoms with E-state index in [1.54, 1.807) is 0 Å². The number of likely N-dealkylation sites (tertiary alicyclic amines) is 1. The van der Waals surface area contributed by atoms with Crippen LogP contribution in [0.15, 0.2) is 12.7 Å². The minimum atomic E-state index is -0.512. The molecule has 0 aromatic carbocycles. The van der Waals surface area contributed by atoms with Crippen LogP contribution in [0.3, 0.4) is 0 Å². The summed E-state index contributed by atoms with van der Waals surface area (Å²) in [5, 5.41) is 0. The van der Waals surface area contributed by atoms with E-state index in [4.69, 9.17) is 0 Å². The molecule has 0 bridgehead atoms. The van der Waals surface area contributed by atoms with Gasteiger partial charge in [-0.1, -0.05) is 32.0 Å². The van der Waals surface area contributed by atoms with E-state index in [0.29, 0.717) is 0 Å². The molecule has 2 heteroatoms. The van der Waals surface area contributed by atoms with Crippen LogP contribution in [0, 0.1) is 0 Å². The summed E-state index contributed by atoms with van der Waals surface area (Å²) in [6, 6.07) is 2.88. The van der Waals surface area contributed by atoms with Gasteiger partial charge >= 0.3 is 0 Å². The fourth-order valence-corrected chi connectivity index (χ4v) is 5.57. The van der Waals surface area contributed by atoms with Crippen molar-refractivity contribution < 1.29 is 0 Å². The van der Waals surface area contributed by atoms with Crippen molar-refractivity contribution in [2.75, 3.05) is 19.6 Å². The van der Waals surface area contributed by atoms with Crippen molar-refractivity contribution >= 4 is 8.80 Å². The van der Waals surface area contributed by atoms with Crippen LogP contribution in [-0.4, -0.2) is 33.3 Å². The lowest BCUT2D eigenvalue weighted by Gasteiger charge is -2.23. The second-order valence-electron chi connectivity index (χ2n) is 4.81.